The number of pyridine rings is 1. The van der Waals surface area contributed by atoms with Crippen molar-refractivity contribution in [3.63, 3.8) is 0 Å². The first-order valence-corrected chi connectivity index (χ1v) is 7.59. The Balaban J connectivity index is 1.74. The molecule has 0 saturated carbocycles. The lowest BCUT2D eigenvalue weighted by molar-refractivity contribution is -0.125. The molecule has 0 spiro atoms. The van der Waals surface area contributed by atoms with Crippen LogP contribution < -0.4 is 0 Å². The molecule has 1 aromatic carbocycles. The lowest BCUT2D eigenvalue weighted by atomic mass is 10.1. The molecular formula is C18H18N4O. The molecule has 23 heavy (non-hydrogen) atoms. The average molecular weight is 306 g/mol. The van der Waals surface area contributed by atoms with Crippen LogP contribution in [0.15, 0.2) is 48.2 Å². The van der Waals surface area contributed by atoms with E-state index in [0.29, 0.717) is 19.6 Å². The first-order chi connectivity index (χ1) is 11.2. The normalized spacial score (nSPS) is 15.8. The second kappa shape index (κ2) is 6.49. The van der Waals surface area contributed by atoms with E-state index in [9.17, 15) is 4.79 Å². The third-order valence-corrected chi connectivity index (χ3v) is 4.07. The quantitative estimate of drug-likeness (QED) is 0.645. The molecular weight excluding hydrogens is 288 g/mol. The van der Waals surface area contributed by atoms with Crippen molar-refractivity contribution in [1.29, 1.82) is 5.26 Å². The number of para-hydroxylation sites is 1. The first kappa shape index (κ1) is 15.0. The van der Waals surface area contributed by atoms with Gasteiger partial charge in [-0.1, -0.05) is 24.3 Å². The summed E-state index contributed by atoms with van der Waals surface area (Å²) in [5.41, 5.74) is 2.97. The van der Waals surface area contributed by atoms with Crippen LogP contribution in [0.3, 0.4) is 0 Å². The number of likely N-dealkylation sites (N-methyl/N-ethyl adjacent to an activating group) is 1. The molecule has 0 radical (unpaired) electrons. The number of nitrogens with zero attached hydrogens (tertiary/aromatic N) is 4. The second-order valence-corrected chi connectivity index (χ2v) is 5.76. The number of rotatable bonds is 3. The van der Waals surface area contributed by atoms with Crippen molar-refractivity contribution in [2.45, 2.75) is 13.0 Å². The van der Waals surface area contributed by atoms with Crippen molar-refractivity contribution in [3.8, 4) is 6.19 Å². The van der Waals surface area contributed by atoms with Crippen LogP contribution >= 0.6 is 0 Å². The Morgan fingerprint density at radius 1 is 1.43 bits per heavy atom. The molecule has 1 saturated heterocycles. The van der Waals surface area contributed by atoms with Crippen LogP contribution in [-0.4, -0.2) is 40.8 Å². The van der Waals surface area contributed by atoms with Crippen LogP contribution in [0.5, 0.6) is 0 Å². The van der Waals surface area contributed by atoms with Crippen LogP contribution in [0.4, 0.5) is 0 Å². The Morgan fingerprint density at radius 3 is 3.04 bits per heavy atom. The molecule has 0 N–H and O–H groups in total. The lowest BCUT2D eigenvalue weighted by Gasteiger charge is -2.16. The van der Waals surface area contributed by atoms with E-state index in [0.717, 1.165) is 28.5 Å². The van der Waals surface area contributed by atoms with Gasteiger partial charge < -0.3 is 9.80 Å². The molecule has 1 fully saturated rings. The first-order valence-electron chi connectivity index (χ1n) is 7.59. The third kappa shape index (κ3) is 3.32. The minimum atomic E-state index is -0.0345. The highest BCUT2D eigenvalue weighted by molar-refractivity contribution is 5.89. The number of likely N-dealkylation sites (tertiary alicyclic amines) is 1. The molecule has 0 aliphatic carbocycles. The predicted molar refractivity (Wildman–Crippen MR) is 88.1 cm³/mol. The fourth-order valence-electron chi connectivity index (χ4n) is 2.80. The van der Waals surface area contributed by atoms with Crippen LogP contribution in [0.1, 0.15) is 12.0 Å². The highest BCUT2D eigenvalue weighted by Gasteiger charge is 2.17. The standard InChI is InChI=1S/C18H18N4O/c1-21(17(23)10-14-7-9-22(11-14)13-19)12-16-5-2-4-15-6-3-8-20-18(15)16/h2-6,8,10H,7,9,11-12H2,1H3. The van der Waals surface area contributed by atoms with Crippen molar-refractivity contribution in [2.75, 3.05) is 20.1 Å². The maximum absolute atomic E-state index is 12.4. The number of hydrogen-bond acceptors (Lipinski definition) is 4. The molecule has 0 atom stereocenters. The van der Waals surface area contributed by atoms with Gasteiger partial charge in [-0.2, -0.15) is 5.26 Å². The maximum Gasteiger partial charge on any atom is 0.246 e. The highest BCUT2D eigenvalue weighted by Crippen LogP contribution is 2.18. The van der Waals surface area contributed by atoms with Crippen LogP contribution in [0.25, 0.3) is 10.9 Å². The van der Waals surface area contributed by atoms with Crippen molar-refractivity contribution >= 4 is 16.8 Å². The zero-order chi connectivity index (χ0) is 16.2. The van der Waals surface area contributed by atoms with E-state index in [4.69, 9.17) is 5.26 Å². The molecule has 1 aromatic heterocycles. The minimum absolute atomic E-state index is 0.0345. The summed E-state index contributed by atoms with van der Waals surface area (Å²) in [7, 11) is 1.79. The van der Waals surface area contributed by atoms with Gasteiger partial charge in [0.05, 0.1) is 5.52 Å². The molecule has 5 heteroatoms. The van der Waals surface area contributed by atoms with Gasteiger partial charge in [-0.3, -0.25) is 9.78 Å². The number of carbonyl (C=O) groups excluding carboxylic acids is 1. The van der Waals surface area contributed by atoms with Crippen LogP contribution in [0.2, 0.25) is 0 Å². The molecule has 2 aromatic rings. The summed E-state index contributed by atoms with van der Waals surface area (Å²) in [6.07, 6.45) is 6.33. The zero-order valence-electron chi connectivity index (χ0n) is 13.1. The number of fused-ring (bicyclic) bond motifs is 1. The van der Waals surface area contributed by atoms with Crippen molar-refractivity contribution in [2.24, 2.45) is 0 Å². The molecule has 0 bridgehead atoms. The number of aromatic nitrogens is 1. The van der Waals surface area contributed by atoms with Gasteiger partial charge in [0.15, 0.2) is 6.19 Å². The predicted octanol–water partition coefficient (Wildman–Crippen LogP) is 2.31. The number of hydrogen-bond donors (Lipinski definition) is 0. The molecule has 5 nitrogen and oxygen atoms in total. The molecule has 1 amide bonds. The Bertz CT molecular complexity index is 801. The summed E-state index contributed by atoms with van der Waals surface area (Å²) in [6, 6.07) is 9.93. The Hall–Kier alpha value is -2.87. The van der Waals surface area contributed by atoms with E-state index in [1.54, 1.807) is 29.1 Å². The SMILES string of the molecule is CN(Cc1cccc2cccnc12)C(=O)C=C1CCN(C#N)C1. The molecule has 116 valence electrons. The van der Waals surface area contributed by atoms with E-state index < -0.39 is 0 Å². The van der Waals surface area contributed by atoms with E-state index in [1.807, 2.05) is 30.3 Å². The number of benzene rings is 1. The maximum atomic E-state index is 12.4. The molecule has 1 aliphatic rings. The Morgan fingerprint density at radius 2 is 2.26 bits per heavy atom. The molecule has 1 aliphatic heterocycles. The molecule has 2 heterocycles. The summed E-state index contributed by atoms with van der Waals surface area (Å²) in [4.78, 5) is 20.1. The monoisotopic (exact) mass is 306 g/mol. The van der Waals surface area contributed by atoms with Crippen LogP contribution in [-0.2, 0) is 11.3 Å². The number of amides is 1. The fraction of sp³-hybridized carbons (Fsp3) is 0.278. The summed E-state index contributed by atoms with van der Waals surface area (Å²) in [5, 5.41) is 9.94. The Kier molecular flexibility index (Phi) is 4.24. The summed E-state index contributed by atoms with van der Waals surface area (Å²) in [6.45, 7) is 1.78. The zero-order valence-corrected chi connectivity index (χ0v) is 13.1. The van der Waals surface area contributed by atoms with E-state index in [1.165, 1.54) is 0 Å². The van der Waals surface area contributed by atoms with Crippen LogP contribution in [0, 0.1) is 11.5 Å². The highest BCUT2D eigenvalue weighted by atomic mass is 16.2. The van der Waals surface area contributed by atoms with Crippen molar-refractivity contribution in [1.82, 2.24) is 14.8 Å². The van der Waals surface area contributed by atoms with Crippen molar-refractivity contribution in [3.05, 3.63) is 53.7 Å². The van der Waals surface area contributed by atoms with Gasteiger partial charge in [0.1, 0.15) is 0 Å². The Labute approximate surface area is 135 Å². The van der Waals surface area contributed by atoms with Gasteiger partial charge in [0.25, 0.3) is 0 Å². The van der Waals surface area contributed by atoms with E-state index in [2.05, 4.69) is 11.2 Å². The molecule has 0 unspecified atom stereocenters. The minimum Gasteiger partial charge on any atom is -0.338 e. The van der Waals surface area contributed by atoms with E-state index >= 15 is 0 Å². The topological polar surface area (TPSA) is 60.2 Å². The van der Waals surface area contributed by atoms with Gasteiger partial charge in [0.2, 0.25) is 5.91 Å². The third-order valence-electron chi connectivity index (χ3n) is 4.07. The fourth-order valence-corrected chi connectivity index (χ4v) is 2.80. The van der Waals surface area contributed by atoms with Gasteiger partial charge in [-0.15, -0.1) is 0 Å². The largest absolute Gasteiger partial charge is 0.338 e. The summed E-state index contributed by atoms with van der Waals surface area (Å²) >= 11 is 0. The van der Waals surface area contributed by atoms with Gasteiger partial charge in [0, 0.05) is 44.3 Å². The second-order valence-electron chi connectivity index (χ2n) is 5.76. The van der Waals surface area contributed by atoms with Gasteiger partial charge in [-0.25, -0.2) is 0 Å². The smallest absolute Gasteiger partial charge is 0.246 e. The average Bonchev–Trinajstić information content (AvgIpc) is 3.02. The number of carbonyl (C=O) groups is 1. The van der Waals surface area contributed by atoms with Crippen molar-refractivity contribution < 1.29 is 4.79 Å². The van der Waals surface area contributed by atoms with Gasteiger partial charge in [-0.05, 0) is 23.6 Å². The van der Waals surface area contributed by atoms with Gasteiger partial charge >= 0.3 is 0 Å². The lowest BCUT2D eigenvalue weighted by Crippen LogP contribution is -2.25. The molecule has 3 rings (SSSR count). The van der Waals surface area contributed by atoms with E-state index in [-0.39, 0.29) is 5.91 Å². The summed E-state index contributed by atoms with van der Waals surface area (Å²) in [5.74, 6) is -0.0345. The number of nitriles is 1. The summed E-state index contributed by atoms with van der Waals surface area (Å²) < 4.78 is 0.